The molecule has 7 heteroatoms. The molecule has 1 rings (SSSR count). The highest BCUT2D eigenvalue weighted by molar-refractivity contribution is 5.73. The summed E-state index contributed by atoms with van der Waals surface area (Å²) in [6.45, 7) is 1.75. The number of nitrogens with zero attached hydrogens (tertiary/aromatic N) is 1. The van der Waals surface area contributed by atoms with Crippen LogP contribution in [0.5, 0.6) is 0 Å². The number of nitrogens with two attached hydrogens (primary N) is 1. The Hall–Kier alpha value is -1.79. The number of carbonyl (C=O) groups excluding carboxylic acids is 1. The molecule has 0 unspecified atom stereocenters. The van der Waals surface area contributed by atoms with Gasteiger partial charge in [-0.2, -0.15) is 13.2 Å². The smallest absolute Gasteiger partial charge is 0.433 e. The van der Waals surface area contributed by atoms with E-state index < -0.39 is 17.8 Å². The molecule has 0 aliphatic heterocycles. The second-order valence-corrected chi connectivity index (χ2v) is 3.21. The number of alkyl halides is 3. The number of hydrogen-bond acceptors (Lipinski definition) is 4. The summed E-state index contributed by atoms with van der Waals surface area (Å²) in [4.78, 5) is 14.4. The largest absolute Gasteiger partial charge is 0.466 e. The third kappa shape index (κ3) is 3.61. The lowest BCUT2D eigenvalue weighted by Crippen LogP contribution is -2.14. The van der Waals surface area contributed by atoms with E-state index in [4.69, 9.17) is 5.73 Å². The molecule has 1 aromatic rings. The summed E-state index contributed by atoms with van der Waals surface area (Å²) in [7, 11) is 0. The number of anilines is 1. The van der Waals surface area contributed by atoms with Crippen molar-refractivity contribution >= 4 is 11.7 Å². The van der Waals surface area contributed by atoms with Crippen molar-refractivity contribution in [3.63, 3.8) is 0 Å². The number of ether oxygens (including phenoxy) is 1. The van der Waals surface area contributed by atoms with E-state index in [1.165, 1.54) is 0 Å². The lowest BCUT2D eigenvalue weighted by molar-refractivity contribution is -0.144. The Balaban J connectivity index is 2.95. The summed E-state index contributed by atoms with van der Waals surface area (Å²) in [5, 5.41) is 0. The van der Waals surface area contributed by atoms with Crippen molar-refractivity contribution in [2.24, 2.45) is 0 Å². The first-order valence-corrected chi connectivity index (χ1v) is 4.82. The van der Waals surface area contributed by atoms with Crippen molar-refractivity contribution in [1.82, 2.24) is 4.98 Å². The maximum atomic E-state index is 12.4. The zero-order valence-corrected chi connectivity index (χ0v) is 9.04. The van der Waals surface area contributed by atoms with E-state index >= 15 is 0 Å². The van der Waals surface area contributed by atoms with E-state index in [9.17, 15) is 18.0 Å². The van der Waals surface area contributed by atoms with Crippen molar-refractivity contribution in [3.8, 4) is 0 Å². The maximum Gasteiger partial charge on any atom is 0.433 e. The number of halogens is 3. The molecule has 0 saturated carbocycles. The third-order valence-corrected chi connectivity index (χ3v) is 1.92. The van der Waals surface area contributed by atoms with Gasteiger partial charge in [0.15, 0.2) is 0 Å². The Morgan fingerprint density at radius 3 is 2.65 bits per heavy atom. The summed E-state index contributed by atoms with van der Waals surface area (Å²) >= 11 is 0. The van der Waals surface area contributed by atoms with Crippen LogP contribution in [0.25, 0.3) is 0 Å². The van der Waals surface area contributed by atoms with Gasteiger partial charge in [0.2, 0.25) is 0 Å². The van der Waals surface area contributed by atoms with Gasteiger partial charge in [0, 0.05) is 0 Å². The second-order valence-electron chi connectivity index (χ2n) is 3.21. The van der Waals surface area contributed by atoms with Gasteiger partial charge < -0.3 is 10.5 Å². The number of aromatic nitrogens is 1. The molecule has 17 heavy (non-hydrogen) atoms. The zero-order valence-electron chi connectivity index (χ0n) is 9.04. The zero-order chi connectivity index (χ0) is 13.1. The van der Waals surface area contributed by atoms with Gasteiger partial charge in [0.05, 0.1) is 24.4 Å². The molecule has 0 atom stereocenters. The highest BCUT2D eigenvalue weighted by atomic mass is 19.4. The quantitative estimate of drug-likeness (QED) is 0.828. The second kappa shape index (κ2) is 5.03. The molecular weight excluding hydrogens is 237 g/mol. The fourth-order valence-electron chi connectivity index (χ4n) is 1.16. The van der Waals surface area contributed by atoms with Crippen molar-refractivity contribution < 1.29 is 22.7 Å². The molecule has 0 spiro atoms. The van der Waals surface area contributed by atoms with Crippen LogP contribution in [-0.4, -0.2) is 17.6 Å². The van der Waals surface area contributed by atoms with Crippen molar-refractivity contribution in [2.45, 2.75) is 19.5 Å². The molecule has 0 aliphatic carbocycles. The van der Waals surface area contributed by atoms with Crippen LogP contribution >= 0.6 is 0 Å². The number of carbonyl (C=O) groups is 1. The Labute approximate surface area is 95.6 Å². The topological polar surface area (TPSA) is 65.2 Å². The number of pyridine rings is 1. The number of esters is 1. The van der Waals surface area contributed by atoms with Crippen molar-refractivity contribution in [1.29, 1.82) is 0 Å². The van der Waals surface area contributed by atoms with Gasteiger partial charge >= 0.3 is 12.1 Å². The first kappa shape index (κ1) is 13.3. The van der Waals surface area contributed by atoms with Crippen LogP contribution in [-0.2, 0) is 22.1 Å². The highest BCUT2D eigenvalue weighted by Gasteiger charge is 2.33. The predicted molar refractivity (Wildman–Crippen MR) is 54.0 cm³/mol. The Kier molecular flexibility index (Phi) is 3.93. The lowest BCUT2D eigenvalue weighted by Gasteiger charge is -2.09. The molecule has 94 valence electrons. The fourth-order valence-corrected chi connectivity index (χ4v) is 1.16. The van der Waals surface area contributed by atoms with Crippen LogP contribution in [0, 0.1) is 0 Å². The standard InChI is InChI=1S/C10H11F3N2O2/c1-2-17-9(16)5-7-6(14)3-4-8(15-7)10(11,12)13/h3-4H,2,5,14H2,1H3. The van der Waals surface area contributed by atoms with E-state index in [0.29, 0.717) is 0 Å². The summed E-state index contributed by atoms with van der Waals surface area (Å²) in [5.74, 6) is -0.661. The molecule has 4 nitrogen and oxygen atoms in total. The summed E-state index contributed by atoms with van der Waals surface area (Å²) in [5.41, 5.74) is 4.27. The SMILES string of the molecule is CCOC(=O)Cc1nc(C(F)(F)F)ccc1N. The molecule has 0 aliphatic rings. The number of rotatable bonds is 3. The molecule has 2 N–H and O–H groups in total. The van der Waals surface area contributed by atoms with Crippen LogP contribution in [0.1, 0.15) is 18.3 Å². The van der Waals surface area contributed by atoms with E-state index in [-0.39, 0.29) is 24.4 Å². The van der Waals surface area contributed by atoms with Crippen LogP contribution < -0.4 is 5.73 Å². The molecular formula is C10H11F3N2O2. The molecule has 0 aromatic carbocycles. The molecule has 0 fully saturated rings. The fraction of sp³-hybridized carbons (Fsp3) is 0.400. The maximum absolute atomic E-state index is 12.4. The van der Waals surface area contributed by atoms with E-state index in [1.807, 2.05) is 0 Å². The predicted octanol–water partition coefficient (Wildman–Crippen LogP) is 1.79. The van der Waals surface area contributed by atoms with Gasteiger partial charge in [-0.15, -0.1) is 0 Å². The average Bonchev–Trinajstić information content (AvgIpc) is 2.20. The Morgan fingerprint density at radius 2 is 2.12 bits per heavy atom. The van der Waals surface area contributed by atoms with E-state index in [0.717, 1.165) is 12.1 Å². The monoisotopic (exact) mass is 248 g/mol. The minimum atomic E-state index is -4.56. The molecule has 0 saturated heterocycles. The van der Waals surface area contributed by atoms with Crippen LogP contribution in [0.2, 0.25) is 0 Å². The van der Waals surface area contributed by atoms with Gasteiger partial charge in [-0.1, -0.05) is 0 Å². The van der Waals surface area contributed by atoms with Gasteiger partial charge in [0.25, 0.3) is 0 Å². The van der Waals surface area contributed by atoms with Crippen molar-refractivity contribution in [3.05, 3.63) is 23.5 Å². The molecule has 1 aromatic heterocycles. The Bertz CT molecular complexity index is 419. The van der Waals surface area contributed by atoms with Crippen LogP contribution in [0.15, 0.2) is 12.1 Å². The highest BCUT2D eigenvalue weighted by Crippen LogP contribution is 2.28. The van der Waals surface area contributed by atoms with Crippen LogP contribution in [0.4, 0.5) is 18.9 Å². The average molecular weight is 248 g/mol. The first-order chi connectivity index (χ1) is 7.84. The minimum absolute atomic E-state index is 0.0334. The minimum Gasteiger partial charge on any atom is -0.466 e. The van der Waals surface area contributed by atoms with Gasteiger partial charge in [-0.05, 0) is 19.1 Å². The normalized spacial score (nSPS) is 11.3. The first-order valence-electron chi connectivity index (χ1n) is 4.82. The summed E-state index contributed by atoms with van der Waals surface area (Å²) in [6.07, 6.45) is -4.93. The van der Waals surface area contributed by atoms with Gasteiger partial charge in [-0.3, -0.25) is 4.79 Å². The summed E-state index contributed by atoms with van der Waals surface area (Å²) < 4.78 is 41.7. The molecule has 0 amide bonds. The Morgan fingerprint density at radius 1 is 1.47 bits per heavy atom. The van der Waals surface area contributed by atoms with Crippen LogP contribution in [0.3, 0.4) is 0 Å². The van der Waals surface area contributed by atoms with E-state index in [1.54, 1.807) is 6.92 Å². The van der Waals surface area contributed by atoms with Crippen molar-refractivity contribution in [2.75, 3.05) is 12.3 Å². The lowest BCUT2D eigenvalue weighted by atomic mass is 10.2. The third-order valence-electron chi connectivity index (χ3n) is 1.92. The number of nitrogen functional groups attached to an aromatic ring is 1. The molecule has 0 bridgehead atoms. The molecule has 1 heterocycles. The molecule has 0 radical (unpaired) electrons. The summed E-state index contributed by atoms with van der Waals surface area (Å²) in [6, 6.07) is 1.84. The van der Waals surface area contributed by atoms with Gasteiger partial charge in [-0.25, -0.2) is 4.98 Å². The number of hydrogen-bond donors (Lipinski definition) is 1. The van der Waals surface area contributed by atoms with Gasteiger partial charge in [0.1, 0.15) is 5.69 Å². The van der Waals surface area contributed by atoms with E-state index in [2.05, 4.69) is 9.72 Å².